The van der Waals surface area contributed by atoms with Crippen molar-refractivity contribution in [3.05, 3.63) is 130 Å². The molecule has 148 valence electrons. The molecule has 0 unspecified atom stereocenters. The molecule has 0 radical (unpaired) electrons. The lowest BCUT2D eigenvalue weighted by molar-refractivity contribution is 0.228. The summed E-state index contributed by atoms with van der Waals surface area (Å²) in [5, 5.41) is 1.51. The number of hydrogen-bond acceptors (Lipinski definition) is 2. The number of aromatic nitrogens is 2. The Balaban J connectivity index is 1.67. The molecule has 4 aromatic rings. The predicted molar refractivity (Wildman–Crippen MR) is 122 cm³/mol. The molecule has 2 nitrogen and oxygen atoms in total. The maximum absolute atomic E-state index is 6.20. The van der Waals surface area contributed by atoms with Gasteiger partial charge >= 0.3 is 0 Å². The molecule has 0 bridgehead atoms. The fourth-order valence-electron chi connectivity index (χ4n) is 4.95. The number of hydrogen-bond donors (Lipinski definition) is 0. The number of rotatable bonds is 4. The smallest absolute Gasteiger partial charge is 0.0406 e. The summed E-state index contributed by atoms with van der Waals surface area (Å²) in [5.74, 6) is 1.31. The van der Waals surface area contributed by atoms with Gasteiger partial charge in [-0.15, -0.1) is 0 Å². The zero-order valence-corrected chi connectivity index (χ0v) is 17.7. The first-order valence-corrected chi connectivity index (χ1v) is 10.8. The van der Waals surface area contributed by atoms with Crippen LogP contribution >= 0.6 is 23.2 Å². The molecule has 1 saturated carbocycles. The topological polar surface area (TPSA) is 25.8 Å². The summed E-state index contributed by atoms with van der Waals surface area (Å²) in [6.07, 6.45) is 7.53. The Morgan fingerprint density at radius 1 is 0.400 bits per heavy atom. The Morgan fingerprint density at radius 2 is 0.667 bits per heavy atom. The van der Waals surface area contributed by atoms with Gasteiger partial charge in [-0.2, -0.15) is 0 Å². The van der Waals surface area contributed by atoms with Gasteiger partial charge in [-0.1, -0.05) is 47.5 Å². The van der Waals surface area contributed by atoms with Gasteiger partial charge in [0.05, 0.1) is 0 Å². The summed E-state index contributed by atoms with van der Waals surface area (Å²) >= 11 is 12.4. The molecular formula is C26H20Cl2N2. The summed E-state index contributed by atoms with van der Waals surface area (Å²) in [4.78, 5) is 8.48. The average Bonchev–Trinajstić information content (AvgIpc) is 2.77. The third kappa shape index (κ3) is 3.51. The third-order valence-electron chi connectivity index (χ3n) is 6.24. The van der Waals surface area contributed by atoms with E-state index in [1.807, 2.05) is 49.1 Å². The highest BCUT2D eigenvalue weighted by atomic mass is 35.5. The first-order valence-electron chi connectivity index (χ1n) is 10.0. The van der Waals surface area contributed by atoms with Crippen LogP contribution in [0.1, 0.15) is 45.9 Å². The molecule has 0 N–H and O–H groups in total. The quantitative estimate of drug-likeness (QED) is 0.341. The van der Waals surface area contributed by atoms with Crippen molar-refractivity contribution in [1.82, 2.24) is 9.97 Å². The predicted octanol–water partition coefficient (Wildman–Crippen LogP) is 7.23. The molecule has 0 spiro atoms. The first-order chi connectivity index (χ1) is 14.7. The van der Waals surface area contributed by atoms with Gasteiger partial charge in [-0.3, -0.25) is 9.97 Å². The van der Waals surface area contributed by atoms with E-state index >= 15 is 0 Å². The number of pyridine rings is 2. The van der Waals surface area contributed by atoms with Gasteiger partial charge in [0.1, 0.15) is 0 Å². The fraction of sp³-hybridized carbons (Fsp3) is 0.154. The Bertz CT molecular complexity index is 1020. The largest absolute Gasteiger partial charge is 0.265 e. The van der Waals surface area contributed by atoms with Crippen LogP contribution in [-0.4, -0.2) is 9.97 Å². The standard InChI is InChI=1S/C26H20Cl2N2/c27-21-5-1-17(2-6-21)23-24(18-3-7-22(28)8-4-18)26(20-11-15-30-16-12-20)25(23)19-9-13-29-14-10-19/h1-16,23-26H/t23-,24-,25+,26+/m1/s1. The lowest BCUT2D eigenvalue weighted by Crippen LogP contribution is -2.40. The highest BCUT2D eigenvalue weighted by Gasteiger charge is 2.52. The molecule has 2 heterocycles. The zero-order chi connectivity index (χ0) is 20.5. The van der Waals surface area contributed by atoms with E-state index < -0.39 is 0 Å². The van der Waals surface area contributed by atoms with E-state index in [9.17, 15) is 0 Å². The van der Waals surface area contributed by atoms with Crippen LogP contribution in [0.5, 0.6) is 0 Å². The van der Waals surface area contributed by atoms with Gasteiger partial charge in [0.25, 0.3) is 0 Å². The van der Waals surface area contributed by atoms with E-state index in [4.69, 9.17) is 23.2 Å². The van der Waals surface area contributed by atoms with Crippen molar-refractivity contribution >= 4 is 23.2 Å². The fourth-order valence-corrected chi connectivity index (χ4v) is 5.20. The van der Waals surface area contributed by atoms with Crippen LogP contribution in [0.2, 0.25) is 10.0 Å². The van der Waals surface area contributed by atoms with Crippen LogP contribution in [0.3, 0.4) is 0 Å². The molecule has 5 rings (SSSR count). The molecule has 1 aliphatic rings. The molecule has 1 fully saturated rings. The molecule has 30 heavy (non-hydrogen) atoms. The van der Waals surface area contributed by atoms with E-state index in [2.05, 4.69) is 58.5 Å². The monoisotopic (exact) mass is 430 g/mol. The summed E-state index contributed by atoms with van der Waals surface area (Å²) < 4.78 is 0. The Kier molecular flexibility index (Phi) is 5.28. The van der Waals surface area contributed by atoms with Crippen LogP contribution in [0.15, 0.2) is 97.6 Å². The number of benzene rings is 2. The Hall–Kier alpha value is -2.68. The lowest BCUT2D eigenvalue weighted by atomic mass is 9.49. The summed E-state index contributed by atoms with van der Waals surface area (Å²) in [6, 6.07) is 25.1. The minimum atomic E-state index is 0.323. The van der Waals surface area contributed by atoms with E-state index in [1.54, 1.807) is 0 Å². The van der Waals surface area contributed by atoms with Gasteiger partial charge in [0.15, 0.2) is 0 Å². The van der Waals surface area contributed by atoms with Crippen molar-refractivity contribution in [2.45, 2.75) is 23.7 Å². The Labute approximate surface area is 186 Å². The summed E-state index contributed by atoms with van der Waals surface area (Å²) in [7, 11) is 0. The number of nitrogens with zero attached hydrogens (tertiary/aromatic N) is 2. The molecule has 4 heteroatoms. The number of halogens is 2. The maximum Gasteiger partial charge on any atom is 0.0406 e. The molecule has 2 aromatic carbocycles. The van der Waals surface area contributed by atoms with E-state index in [0.717, 1.165) is 10.0 Å². The minimum absolute atomic E-state index is 0.323. The lowest BCUT2D eigenvalue weighted by Gasteiger charge is -2.53. The molecule has 1 aliphatic carbocycles. The normalized spacial score (nSPS) is 23.0. The molecule has 0 saturated heterocycles. The Morgan fingerprint density at radius 3 is 0.967 bits per heavy atom. The van der Waals surface area contributed by atoms with Crippen molar-refractivity contribution in [3.8, 4) is 0 Å². The van der Waals surface area contributed by atoms with Crippen LogP contribution in [0.25, 0.3) is 0 Å². The molecular weight excluding hydrogens is 411 g/mol. The minimum Gasteiger partial charge on any atom is -0.265 e. The molecule has 0 aliphatic heterocycles. The van der Waals surface area contributed by atoms with E-state index in [0.29, 0.717) is 23.7 Å². The highest BCUT2D eigenvalue weighted by molar-refractivity contribution is 6.30. The van der Waals surface area contributed by atoms with Gasteiger partial charge in [-0.25, -0.2) is 0 Å². The van der Waals surface area contributed by atoms with Gasteiger partial charge < -0.3 is 0 Å². The summed E-state index contributed by atoms with van der Waals surface area (Å²) in [5.41, 5.74) is 5.20. The first kappa shape index (κ1) is 19.3. The van der Waals surface area contributed by atoms with Crippen LogP contribution in [-0.2, 0) is 0 Å². The van der Waals surface area contributed by atoms with Crippen LogP contribution in [0, 0.1) is 0 Å². The maximum atomic E-state index is 6.20. The average molecular weight is 431 g/mol. The zero-order valence-electron chi connectivity index (χ0n) is 16.2. The van der Waals surface area contributed by atoms with E-state index in [1.165, 1.54) is 22.3 Å². The molecule has 2 aromatic heterocycles. The summed E-state index contributed by atoms with van der Waals surface area (Å²) in [6.45, 7) is 0. The van der Waals surface area contributed by atoms with Gasteiger partial charge in [-0.05, 0) is 94.5 Å². The van der Waals surface area contributed by atoms with E-state index in [-0.39, 0.29) is 0 Å². The second-order valence-electron chi connectivity index (χ2n) is 7.77. The van der Waals surface area contributed by atoms with Crippen LogP contribution < -0.4 is 0 Å². The second kappa shape index (κ2) is 8.22. The SMILES string of the molecule is Clc1ccc([C@H]2[C@H](c3ccncc3)[C@@H](c3ccncc3)[C@@H]2c2ccc(Cl)cc2)cc1. The van der Waals surface area contributed by atoms with Gasteiger partial charge in [0.2, 0.25) is 0 Å². The third-order valence-corrected chi connectivity index (χ3v) is 6.74. The van der Waals surface area contributed by atoms with Crippen molar-refractivity contribution in [2.75, 3.05) is 0 Å². The second-order valence-corrected chi connectivity index (χ2v) is 8.64. The molecule has 4 atom stereocenters. The van der Waals surface area contributed by atoms with Gasteiger partial charge in [0, 0.05) is 34.8 Å². The van der Waals surface area contributed by atoms with Crippen molar-refractivity contribution < 1.29 is 0 Å². The van der Waals surface area contributed by atoms with Crippen LogP contribution in [0.4, 0.5) is 0 Å². The molecule has 0 amide bonds. The highest BCUT2D eigenvalue weighted by Crippen LogP contribution is 2.66. The van der Waals surface area contributed by atoms with Crippen molar-refractivity contribution in [1.29, 1.82) is 0 Å². The van der Waals surface area contributed by atoms with Crippen molar-refractivity contribution in [3.63, 3.8) is 0 Å². The van der Waals surface area contributed by atoms with Crippen molar-refractivity contribution in [2.24, 2.45) is 0 Å².